The molecule has 1 N–H and O–H groups in total. The van der Waals surface area contributed by atoms with Crippen LogP contribution in [0.5, 0.6) is 0 Å². The van der Waals surface area contributed by atoms with Gasteiger partial charge in [-0.05, 0) is 53.0 Å². The normalized spacial score (nSPS) is 10.7. The van der Waals surface area contributed by atoms with Crippen LogP contribution >= 0.6 is 0 Å². The number of nitrogens with one attached hydrogen (secondary N) is 1. The molecule has 0 aromatic carbocycles. The molecule has 0 fully saturated rings. The molecule has 20 heavy (non-hydrogen) atoms. The van der Waals surface area contributed by atoms with E-state index in [-0.39, 0.29) is 5.91 Å². The summed E-state index contributed by atoms with van der Waals surface area (Å²) in [4.78, 5) is 20.6. The highest BCUT2D eigenvalue weighted by Crippen LogP contribution is 2.10. The van der Waals surface area contributed by atoms with Gasteiger partial charge < -0.3 is 15.1 Å². The van der Waals surface area contributed by atoms with Gasteiger partial charge in [0.25, 0.3) is 5.91 Å². The maximum Gasteiger partial charge on any atom is 0.272 e. The number of nitrogens with zero attached hydrogens (tertiary/aromatic N) is 3. The summed E-state index contributed by atoms with van der Waals surface area (Å²) in [6.07, 6.45) is 2.65. The lowest BCUT2D eigenvalue weighted by atomic mass is 10.2. The van der Waals surface area contributed by atoms with Crippen molar-refractivity contribution in [1.29, 1.82) is 0 Å². The second-order valence-corrected chi connectivity index (χ2v) is 5.00. The maximum absolute atomic E-state index is 12.4. The Bertz CT molecular complexity index is 420. The van der Waals surface area contributed by atoms with Crippen molar-refractivity contribution >= 4 is 11.6 Å². The van der Waals surface area contributed by atoms with Gasteiger partial charge in [0.05, 0.1) is 0 Å². The summed E-state index contributed by atoms with van der Waals surface area (Å²) in [5.74, 6) is 0.00556. The zero-order valence-electron chi connectivity index (χ0n) is 13.0. The Labute approximate surface area is 122 Å². The molecule has 1 aromatic rings. The summed E-state index contributed by atoms with van der Waals surface area (Å²) in [7, 11) is 4.08. The minimum atomic E-state index is 0.00556. The van der Waals surface area contributed by atoms with E-state index in [1.54, 1.807) is 6.20 Å². The van der Waals surface area contributed by atoms with Gasteiger partial charge in [-0.1, -0.05) is 0 Å². The second kappa shape index (κ2) is 8.53. The quantitative estimate of drug-likeness (QED) is 0.789. The summed E-state index contributed by atoms with van der Waals surface area (Å²) in [6, 6.07) is 3.70. The van der Waals surface area contributed by atoms with Crippen LogP contribution in [0.4, 0.5) is 5.69 Å². The van der Waals surface area contributed by atoms with Crippen LogP contribution in [0.1, 0.15) is 30.8 Å². The number of carbonyl (C=O) groups is 1. The van der Waals surface area contributed by atoms with Crippen LogP contribution < -0.4 is 5.32 Å². The highest BCUT2D eigenvalue weighted by Gasteiger charge is 2.15. The molecule has 5 nitrogen and oxygen atoms in total. The van der Waals surface area contributed by atoms with E-state index in [1.165, 1.54) is 0 Å². The molecule has 0 aliphatic heterocycles. The summed E-state index contributed by atoms with van der Waals surface area (Å²) in [5, 5.41) is 3.20. The first-order valence-corrected chi connectivity index (χ1v) is 7.22. The van der Waals surface area contributed by atoms with Crippen LogP contribution in [0, 0.1) is 0 Å². The number of hydrogen-bond donors (Lipinski definition) is 1. The third kappa shape index (κ3) is 5.17. The average molecular weight is 278 g/mol. The van der Waals surface area contributed by atoms with Crippen molar-refractivity contribution in [3.05, 3.63) is 24.0 Å². The lowest BCUT2D eigenvalue weighted by Gasteiger charge is -2.21. The fourth-order valence-corrected chi connectivity index (χ4v) is 2.00. The molecule has 112 valence electrons. The van der Waals surface area contributed by atoms with Crippen LogP contribution in [0.25, 0.3) is 0 Å². The smallest absolute Gasteiger partial charge is 0.272 e. The van der Waals surface area contributed by atoms with Crippen molar-refractivity contribution in [3.8, 4) is 0 Å². The van der Waals surface area contributed by atoms with Gasteiger partial charge in [-0.15, -0.1) is 0 Å². The molecular weight excluding hydrogens is 252 g/mol. The third-order valence-corrected chi connectivity index (χ3v) is 3.06. The zero-order valence-corrected chi connectivity index (χ0v) is 13.0. The molecule has 0 radical (unpaired) electrons. The van der Waals surface area contributed by atoms with E-state index in [2.05, 4.69) is 15.2 Å². The minimum Gasteiger partial charge on any atom is -0.385 e. The van der Waals surface area contributed by atoms with Crippen LogP contribution in [-0.2, 0) is 0 Å². The van der Waals surface area contributed by atoms with Gasteiger partial charge in [-0.3, -0.25) is 9.78 Å². The molecule has 0 aliphatic rings. The fourth-order valence-electron chi connectivity index (χ4n) is 2.00. The molecule has 0 spiro atoms. The topological polar surface area (TPSA) is 48.5 Å². The van der Waals surface area contributed by atoms with Gasteiger partial charge in [-0.25, -0.2) is 0 Å². The average Bonchev–Trinajstić information content (AvgIpc) is 2.43. The SMILES string of the molecule is CCNc1ccnc(C(=O)N(CC)CCCN(C)C)c1. The Kier molecular flexibility index (Phi) is 7.01. The van der Waals surface area contributed by atoms with Gasteiger partial charge in [0.15, 0.2) is 0 Å². The van der Waals surface area contributed by atoms with Gasteiger partial charge in [0.1, 0.15) is 5.69 Å². The van der Waals surface area contributed by atoms with Crippen molar-refractivity contribution in [2.24, 2.45) is 0 Å². The molecule has 0 unspecified atom stereocenters. The fraction of sp³-hybridized carbons (Fsp3) is 0.600. The van der Waals surface area contributed by atoms with Crippen molar-refractivity contribution in [2.45, 2.75) is 20.3 Å². The number of pyridine rings is 1. The first kappa shape index (κ1) is 16.4. The van der Waals surface area contributed by atoms with Crippen molar-refractivity contribution in [3.63, 3.8) is 0 Å². The second-order valence-electron chi connectivity index (χ2n) is 5.00. The maximum atomic E-state index is 12.4. The first-order valence-electron chi connectivity index (χ1n) is 7.22. The highest BCUT2D eigenvalue weighted by atomic mass is 16.2. The Morgan fingerprint density at radius 3 is 2.65 bits per heavy atom. The van der Waals surface area contributed by atoms with Crippen LogP contribution in [-0.4, -0.2) is 61.0 Å². The molecule has 1 rings (SSSR count). The Balaban J connectivity index is 2.67. The van der Waals surface area contributed by atoms with Gasteiger partial charge >= 0.3 is 0 Å². The predicted octanol–water partition coefficient (Wildman–Crippen LogP) is 1.93. The molecule has 0 atom stereocenters. The number of aromatic nitrogens is 1. The third-order valence-electron chi connectivity index (χ3n) is 3.06. The first-order chi connectivity index (χ1) is 9.58. The zero-order chi connectivity index (χ0) is 15.0. The van der Waals surface area contributed by atoms with Crippen molar-refractivity contribution in [1.82, 2.24) is 14.8 Å². The Hall–Kier alpha value is -1.62. The van der Waals surface area contributed by atoms with Crippen LogP contribution in [0.2, 0.25) is 0 Å². The van der Waals surface area contributed by atoms with E-state index in [0.29, 0.717) is 12.2 Å². The van der Waals surface area contributed by atoms with Crippen molar-refractivity contribution in [2.75, 3.05) is 45.6 Å². The summed E-state index contributed by atoms with van der Waals surface area (Å²) < 4.78 is 0. The molecule has 1 amide bonds. The monoisotopic (exact) mass is 278 g/mol. The summed E-state index contributed by atoms with van der Waals surface area (Å²) >= 11 is 0. The lowest BCUT2D eigenvalue weighted by molar-refractivity contribution is 0.0753. The molecule has 0 saturated carbocycles. The van der Waals surface area contributed by atoms with E-state index in [0.717, 1.165) is 31.7 Å². The van der Waals surface area contributed by atoms with E-state index in [1.807, 2.05) is 45.0 Å². The Morgan fingerprint density at radius 1 is 1.30 bits per heavy atom. The lowest BCUT2D eigenvalue weighted by Crippen LogP contribution is -2.33. The number of anilines is 1. The number of amides is 1. The molecule has 1 aromatic heterocycles. The number of rotatable bonds is 8. The van der Waals surface area contributed by atoms with E-state index >= 15 is 0 Å². The van der Waals surface area contributed by atoms with E-state index < -0.39 is 0 Å². The molecular formula is C15H26N4O. The van der Waals surface area contributed by atoms with Gasteiger partial charge in [0.2, 0.25) is 0 Å². The Morgan fingerprint density at radius 2 is 2.05 bits per heavy atom. The van der Waals surface area contributed by atoms with Crippen LogP contribution in [0.3, 0.4) is 0 Å². The predicted molar refractivity (Wildman–Crippen MR) is 83.1 cm³/mol. The standard InChI is InChI=1S/C15H26N4O/c1-5-16-13-8-9-17-14(12-13)15(20)19(6-2)11-7-10-18(3)4/h8-9,12H,5-7,10-11H2,1-4H3,(H,16,17). The highest BCUT2D eigenvalue weighted by molar-refractivity contribution is 5.93. The summed E-state index contributed by atoms with van der Waals surface area (Å²) in [5.41, 5.74) is 1.45. The largest absolute Gasteiger partial charge is 0.385 e. The molecule has 0 aliphatic carbocycles. The molecule has 5 heteroatoms. The van der Waals surface area contributed by atoms with E-state index in [9.17, 15) is 4.79 Å². The van der Waals surface area contributed by atoms with E-state index in [4.69, 9.17) is 0 Å². The van der Waals surface area contributed by atoms with Gasteiger partial charge in [-0.2, -0.15) is 0 Å². The molecule has 0 bridgehead atoms. The van der Waals surface area contributed by atoms with Crippen molar-refractivity contribution < 1.29 is 4.79 Å². The summed E-state index contributed by atoms with van der Waals surface area (Å²) in [6.45, 7) is 7.32. The van der Waals surface area contributed by atoms with Gasteiger partial charge in [0, 0.05) is 31.5 Å². The number of carbonyl (C=O) groups excluding carboxylic acids is 1. The molecule has 0 saturated heterocycles. The molecule has 1 heterocycles. The minimum absolute atomic E-state index is 0.00556. The number of hydrogen-bond acceptors (Lipinski definition) is 4. The van der Waals surface area contributed by atoms with Crippen LogP contribution in [0.15, 0.2) is 18.3 Å².